The number of aliphatic hydroxyl groups is 8. The van der Waals surface area contributed by atoms with Gasteiger partial charge >= 0.3 is 95.5 Å². The van der Waals surface area contributed by atoms with Crippen molar-refractivity contribution >= 4 is 95.5 Å². The van der Waals surface area contributed by atoms with Crippen LogP contribution >= 0.6 is 0 Å². The van der Waals surface area contributed by atoms with E-state index >= 15 is 0 Å². The highest BCUT2D eigenvalue weighted by Crippen LogP contribution is 2.27. The summed E-state index contributed by atoms with van der Waals surface area (Å²) in [6.07, 6.45) is -8.43. The Labute approximate surface area is 631 Å². The fourth-order valence-corrected chi connectivity index (χ4v) is 9.63. The minimum atomic E-state index is -2.18. The van der Waals surface area contributed by atoms with Gasteiger partial charge in [0.15, 0.2) is 25.2 Å². The zero-order valence-corrected chi connectivity index (χ0v) is 57.9. The topological polar surface area (TPSA) is 649 Å². The maximum atomic E-state index is 13.3. The molecule has 0 bridgehead atoms. The van der Waals surface area contributed by atoms with E-state index in [1.165, 1.54) is 25.1 Å². The Morgan fingerprint density at radius 3 is 0.646 bits per heavy atom. The molecule has 0 saturated heterocycles. The average Bonchev–Trinajstić information content (AvgIpc) is 0.795. The minimum absolute atomic E-state index is 0.00354. The summed E-state index contributed by atoms with van der Waals surface area (Å²) < 4.78 is 50.2. The van der Waals surface area contributed by atoms with Crippen LogP contribution in [0.1, 0.15) is 219 Å². The van der Waals surface area contributed by atoms with Crippen molar-refractivity contribution in [3.05, 3.63) is 244 Å². The number of carboxylic acids is 6. The first-order chi connectivity index (χ1) is 53.4. The van der Waals surface area contributed by atoms with Gasteiger partial charge in [-0.15, -0.1) is 0 Å². The first-order valence-corrected chi connectivity index (χ1v) is 31.9. The molecule has 14 N–H and O–H groups in total. The standard InChI is InChI=1S/C42H34O24.C31H28O16/c43-31(44)23-5-1-19(15-27(23)34(49)50)37(55)61-9-10-62-40(58)22-4-8-26(41(59)65-13-11-63-38(56)20-2-6-24(32(45)46)28(16-20)35(51)52)30(18-22)42(60)66-14-12-64-39(57)21-3-7-25(33(47)48)29(17-21)36(53)54;1-15-12-16(2-5-19(15)24(32)33)28(40)44-10-11-47-31(43)23-14-18(4-7-21(23)26(36)37)30(42)46-9-8-45-29(41)17-3-6-20(25(34)35)22(13-17)27(38)39/h1-8,15-18,31,34,43-44,49-50H,9-14H2,(H,45,46)(H,47,48)(H,51,52)(H,53,54);2-7,12-14,25,27,34-35,38-39H,8-11H2,1H3,(H,32,33)(H,36,37). The molecule has 40 nitrogen and oxygen atoms in total. The Morgan fingerprint density at radius 1 is 0.212 bits per heavy atom. The van der Waals surface area contributed by atoms with Crippen molar-refractivity contribution in [1.29, 1.82) is 0 Å². The molecular formula is C73H62O40. The molecule has 0 radical (unpaired) electrons. The maximum Gasteiger partial charge on any atom is 0.339 e. The summed E-state index contributed by atoms with van der Waals surface area (Å²) in [7, 11) is 0. The van der Waals surface area contributed by atoms with E-state index in [1.807, 2.05) is 0 Å². The van der Waals surface area contributed by atoms with Gasteiger partial charge in [-0.25, -0.2) is 76.7 Å². The minimum Gasteiger partial charge on any atom is -0.478 e. The van der Waals surface area contributed by atoms with Crippen LogP contribution in [0.2, 0.25) is 0 Å². The van der Waals surface area contributed by atoms with Gasteiger partial charge in [-0.05, 0) is 128 Å². The van der Waals surface area contributed by atoms with Crippen LogP contribution < -0.4 is 0 Å². The number of aliphatic hydroxyl groups excluding tert-OH is 4. The maximum absolute atomic E-state index is 13.3. The summed E-state index contributed by atoms with van der Waals surface area (Å²) in [6, 6.07) is 21.1. The van der Waals surface area contributed by atoms with Gasteiger partial charge in [-0.3, -0.25) is 0 Å². The molecule has 0 heterocycles. The van der Waals surface area contributed by atoms with Gasteiger partial charge in [0.2, 0.25) is 0 Å². The summed E-state index contributed by atoms with van der Waals surface area (Å²) in [4.78, 5) is 195. The van der Waals surface area contributed by atoms with Gasteiger partial charge in [-0.1, -0.05) is 12.1 Å². The number of hydrogen-bond donors (Lipinski definition) is 14. The number of carboxylic acid groups (broad SMARTS) is 6. The van der Waals surface area contributed by atoms with E-state index in [0.29, 0.717) is 5.56 Å². The van der Waals surface area contributed by atoms with Crippen LogP contribution in [0, 0.1) is 6.92 Å². The third kappa shape index (κ3) is 24.4. The van der Waals surface area contributed by atoms with Crippen LogP contribution in [0.4, 0.5) is 0 Å². The van der Waals surface area contributed by atoms with E-state index < -0.39 is 237 Å². The Morgan fingerprint density at radius 2 is 0.398 bits per heavy atom. The lowest BCUT2D eigenvalue weighted by atomic mass is 10.0. The number of aromatic carboxylic acids is 6. The molecule has 0 fully saturated rings. The molecule has 0 aliphatic rings. The van der Waals surface area contributed by atoms with Crippen LogP contribution in [0.15, 0.2) is 127 Å². The van der Waals surface area contributed by atoms with Gasteiger partial charge in [-0.2, -0.15) is 0 Å². The van der Waals surface area contributed by atoms with Crippen molar-refractivity contribution in [2.75, 3.05) is 66.1 Å². The van der Waals surface area contributed by atoms with E-state index in [2.05, 4.69) is 0 Å². The van der Waals surface area contributed by atoms with Crippen molar-refractivity contribution in [2.24, 2.45) is 0 Å². The first kappa shape index (κ1) is 87.6. The third-order valence-electron chi connectivity index (χ3n) is 15.0. The summed E-state index contributed by atoms with van der Waals surface area (Å²) >= 11 is 0. The summed E-state index contributed by atoms with van der Waals surface area (Å²) in [6.45, 7) is -4.17. The number of ether oxygens (including phenoxy) is 10. The lowest BCUT2D eigenvalue weighted by Crippen LogP contribution is -2.20. The van der Waals surface area contributed by atoms with Crippen molar-refractivity contribution in [1.82, 2.24) is 0 Å². The van der Waals surface area contributed by atoms with E-state index in [9.17, 15) is 143 Å². The number of benzene rings is 7. The monoisotopic (exact) mass is 1580 g/mol. The number of hydrogen-bond acceptors (Lipinski definition) is 34. The van der Waals surface area contributed by atoms with Gasteiger partial charge in [0.25, 0.3) is 0 Å². The highest BCUT2D eigenvalue weighted by molar-refractivity contribution is 6.08. The second-order valence-corrected chi connectivity index (χ2v) is 22.4. The van der Waals surface area contributed by atoms with Crippen molar-refractivity contribution < 1.29 is 196 Å². The predicted octanol–water partition coefficient (Wildman–Crippen LogP) is 2.87. The lowest BCUT2D eigenvalue weighted by molar-refractivity contribution is -0.0635. The normalized spacial score (nSPS) is 10.7. The highest BCUT2D eigenvalue weighted by Gasteiger charge is 2.28. The molecule has 7 rings (SSSR count). The predicted molar refractivity (Wildman–Crippen MR) is 363 cm³/mol. The molecule has 0 amide bonds. The molecule has 0 spiro atoms. The van der Waals surface area contributed by atoms with Crippen LogP contribution in [-0.4, -0.2) is 233 Å². The largest absolute Gasteiger partial charge is 0.478 e. The fourth-order valence-electron chi connectivity index (χ4n) is 9.63. The molecule has 594 valence electrons. The average molecular weight is 1580 g/mol. The molecule has 40 heteroatoms. The highest BCUT2D eigenvalue weighted by atomic mass is 16.6. The van der Waals surface area contributed by atoms with E-state index in [0.717, 1.165) is 109 Å². The molecular weight excluding hydrogens is 1520 g/mol. The second kappa shape index (κ2) is 40.8. The number of esters is 10. The molecule has 113 heavy (non-hydrogen) atoms. The zero-order chi connectivity index (χ0) is 83.7. The smallest absolute Gasteiger partial charge is 0.339 e. The number of carbonyl (C=O) groups excluding carboxylic acids is 10. The molecule has 7 aromatic rings. The van der Waals surface area contributed by atoms with Crippen molar-refractivity contribution in [2.45, 2.75) is 32.1 Å². The van der Waals surface area contributed by atoms with Crippen molar-refractivity contribution in [3.63, 3.8) is 0 Å². The summed E-state index contributed by atoms with van der Waals surface area (Å²) in [5.41, 5.74) is -7.47. The summed E-state index contributed by atoms with van der Waals surface area (Å²) in [5, 5.41) is 131. The number of carbonyl (C=O) groups is 16. The van der Waals surface area contributed by atoms with Gasteiger partial charge in [0, 0.05) is 22.3 Å². The summed E-state index contributed by atoms with van der Waals surface area (Å²) in [5.74, 6) is -20.0. The molecule has 0 aromatic heterocycles. The molecule has 0 aliphatic heterocycles. The fraction of sp³-hybridized carbons (Fsp3) is 0.205. The van der Waals surface area contributed by atoms with Crippen LogP contribution in [0.3, 0.4) is 0 Å². The lowest BCUT2D eigenvalue weighted by Gasteiger charge is -2.14. The second-order valence-electron chi connectivity index (χ2n) is 22.4. The Hall–Kier alpha value is -14.3. The zero-order valence-electron chi connectivity index (χ0n) is 57.9. The van der Waals surface area contributed by atoms with Crippen molar-refractivity contribution in [3.8, 4) is 0 Å². The molecule has 7 aromatic carbocycles. The van der Waals surface area contributed by atoms with Gasteiger partial charge in [0.1, 0.15) is 66.1 Å². The van der Waals surface area contributed by atoms with E-state index in [-0.39, 0.29) is 61.2 Å². The molecule has 0 aliphatic carbocycles. The molecule has 0 atom stereocenters. The Bertz CT molecular complexity index is 4870. The third-order valence-corrected chi connectivity index (χ3v) is 15.0. The van der Waals surface area contributed by atoms with Crippen LogP contribution in [-0.2, 0) is 47.4 Å². The molecule has 0 unspecified atom stereocenters. The van der Waals surface area contributed by atoms with E-state index in [1.54, 1.807) is 0 Å². The number of rotatable bonds is 35. The van der Waals surface area contributed by atoms with Gasteiger partial charge in [0.05, 0.1) is 89.0 Å². The quantitative estimate of drug-likeness (QED) is 0.0117. The Balaban J connectivity index is 0.000000373. The van der Waals surface area contributed by atoms with Crippen LogP contribution in [0.25, 0.3) is 0 Å². The van der Waals surface area contributed by atoms with Crippen LogP contribution in [0.5, 0.6) is 0 Å². The SMILES string of the molecule is Cc1cc(C(=O)OCCOC(=O)c2cc(C(=O)OCCOC(=O)c3ccc(C(O)O)c(C(O)O)c3)ccc2C(=O)O)ccc1C(=O)O.O=C(OCCOC(=O)c1ccc(C(O)O)c(C(O)O)c1)c1ccc(C(=O)OCCOC(=O)c2ccc(C(=O)O)c(C(=O)O)c2)c(C(=O)OCCOC(=O)c2ccc(C(=O)O)c(C(=O)O)c2)c1. The van der Waals surface area contributed by atoms with E-state index in [4.69, 9.17) is 52.5 Å². The molecule has 0 saturated carbocycles. The first-order valence-electron chi connectivity index (χ1n) is 31.9. The Kier molecular flexibility index (Phi) is 31.6. The number of aryl methyl sites for hydroxylation is 1. The van der Waals surface area contributed by atoms with Gasteiger partial charge < -0.3 is 119 Å².